The van der Waals surface area contributed by atoms with Crippen molar-refractivity contribution >= 4 is 11.6 Å². The maximum Gasteiger partial charge on any atom is 0.224 e. The second-order valence-electron chi connectivity index (χ2n) is 4.13. The molecule has 0 aliphatic carbocycles. The molecule has 1 aromatic heterocycles. The fraction of sp³-hybridized carbons (Fsp3) is 0.231. The van der Waals surface area contributed by atoms with E-state index < -0.39 is 0 Å². The molecule has 3 N–H and O–H groups in total. The number of aryl methyl sites for hydroxylation is 1. The second-order valence-corrected chi connectivity index (χ2v) is 4.13. The molecule has 2 rings (SSSR count). The number of nitrogens with two attached hydrogens (primary N) is 1. The molecule has 0 aliphatic heterocycles. The Kier molecular flexibility index (Phi) is 3.62. The van der Waals surface area contributed by atoms with Crippen molar-refractivity contribution in [2.75, 3.05) is 5.73 Å². The van der Waals surface area contributed by atoms with Crippen molar-refractivity contribution in [1.29, 1.82) is 0 Å². The predicted molar refractivity (Wildman–Crippen MR) is 67.6 cm³/mol. The molecule has 0 unspecified atom stereocenters. The molecule has 0 saturated heterocycles. The summed E-state index contributed by atoms with van der Waals surface area (Å²) in [5.41, 5.74) is 8.00. The number of benzene rings is 1. The van der Waals surface area contributed by atoms with Crippen molar-refractivity contribution < 1.29 is 9.32 Å². The lowest BCUT2D eigenvalue weighted by Crippen LogP contribution is -2.24. The monoisotopic (exact) mass is 245 g/mol. The summed E-state index contributed by atoms with van der Waals surface area (Å²) in [4.78, 5) is 11.7. The number of anilines is 1. The molecule has 0 spiro atoms. The van der Waals surface area contributed by atoms with Gasteiger partial charge in [-0.25, -0.2) is 0 Å². The maximum atomic E-state index is 11.7. The lowest BCUT2D eigenvalue weighted by Gasteiger charge is -2.03. The van der Waals surface area contributed by atoms with Crippen LogP contribution in [-0.2, 0) is 17.8 Å². The Labute approximate surface area is 105 Å². The van der Waals surface area contributed by atoms with E-state index in [-0.39, 0.29) is 5.91 Å². The fourth-order valence-electron chi connectivity index (χ4n) is 1.57. The van der Waals surface area contributed by atoms with E-state index in [2.05, 4.69) is 10.5 Å². The average molecular weight is 245 g/mol. The SMILES string of the molecule is Cc1cc(CNC(=O)Cc2ccc(N)cc2)on1. The molecule has 94 valence electrons. The number of carbonyl (C=O) groups is 1. The fourth-order valence-corrected chi connectivity index (χ4v) is 1.57. The number of amides is 1. The third-order valence-electron chi connectivity index (χ3n) is 2.48. The third-order valence-corrected chi connectivity index (χ3v) is 2.48. The first-order valence-electron chi connectivity index (χ1n) is 5.67. The minimum atomic E-state index is -0.0613. The van der Waals surface area contributed by atoms with Crippen LogP contribution >= 0.6 is 0 Å². The largest absolute Gasteiger partial charge is 0.399 e. The number of carbonyl (C=O) groups excluding carboxylic acids is 1. The molecule has 0 bridgehead atoms. The predicted octanol–water partition coefficient (Wildman–Crippen LogP) is 1.42. The summed E-state index contributed by atoms with van der Waals surface area (Å²) in [6, 6.07) is 9.04. The van der Waals surface area contributed by atoms with E-state index in [4.69, 9.17) is 10.3 Å². The zero-order chi connectivity index (χ0) is 13.0. The van der Waals surface area contributed by atoms with E-state index in [0.29, 0.717) is 24.4 Å². The molecule has 0 aliphatic rings. The number of nitrogen functional groups attached to an aromatic ring is 1. The van der Waals surface area contributed by atoms with E-state index in [9.17, 15) is 4.79 Å². The van der Waals surface area contributed by atoms with Crippen LogP contribution in [-0.4, -0.2) is 11.1 Å². The smallest absolute Gasteiger partial charge is 0.224 e. The quantitative estimate of drug-likeness (QED) is 0.798. The molecular formula is C13H15N3O2. The van der Waals surface area contributed by atoms with Crippen LogP contribution in [0.1, 0.15) is 17.0 Å². The summed E-state index contributed by atoms with van der Waals surface area (Å²) in [5, 5.41) is 6.52. The molecule has 1 aromatic carbocycles. The van der Waals surface area contributed by atoms with Crippen LogP contribution in [0.2, 0.25) is 0 Å². The lowest BCUT2D eigenvalue weighted by molar-refractivity contribution is -0.120. The van der Waals surface area contributed by atoms with Crippen LogP contribution in [0, 0.1) is 6.92 Å². The number of nitrogens with zero attached hydrogens (tertiary/aromatic N) is 1. The molecule has 0 atom stereocenters. The van der Waals surface area contributed by atoms with Gasteiger partial charge >= 0.3 is 0 Å². The van der Waals surface area contributed by atoms with Crippen molar-refractivity contribution in [3.63, 3.8) is 0 Å². The minimum Gasteiger partial charge on any atom is -0.399 e. The van der Waals surface area contributed by atoms with Gasteiger partial charge in [-0.3, -0.25) is 4.79 Å². The van der Waals surface area contributed by atoms with Gasteiger partial charge in [-0.1, -0.05) is 17.3 Å². The first-order valence-corrected chi connectivity index (χ1v) is 5.67. The maximum absolute atomic E-state index is 11.7. The Morgan fingerprint density at radius 3 is 2.72 bits per heavy atom. The highest BCUT2D eigenvalue weighted by atomic mass is 16.5. The van der Waals surface area contributed by atoms with Crippen LogP contribution in [0.3, 0.4) is 0 Å². The average Bonchev–Trinajstić information content (AvgIpc) is 2.76. The highest BCUT2D eigenvalue weighted by molar-refractivity contribution is 5.78. The van der Waals surface area contributed by atoms with Gasteiger partial charge in [-0.05, 0) is 24.6 Å². The van der Waals surface area contributed by atoms with Crippen LogP contribution < -0.4 is 11.1 Å². The molecule has 5 heteroatoms. The topological polar surface area (TPSA) is 81.2 Å². The van der Waals surface area contributed by atoms with Gasteiger partial charge in [0, 0.05) is 11.8 Å². The summed E-state index contributed by atoms with van der Waals surface area (Å²) in [6.07, 6.45) is 0.327. The van der Waals surface area contributed by atoms with Crippen molar-refractivity contribution in [1.82, 2.24) is 10.5 Å². The van der Waals surface area contributed by atoms with Gasteiger partial charge in [0.2, 0.25) is 5.91 Å². The molecule has 0 radical (unpaired) electrons. The first kappa shape index (κ1) is 12.2. The summed E-state index contributed by atoms with van der Waals surface area (Å²) < 4.78 is 5.00. The lowest BCUT2D eigenvalue weighted by atomic mass is 10.1. The first-order chi connectivity index (χ1) is 8.63. The second kappa shape index (κ2) is 5.35. The molecular weight excluding hydrogens is 230 g/mol. The summed E-state index contributed by atoms with van der Waals surface area (Å²) in [6.45, 7) is 2.19. The normalized spacial score (nSPS) is 10.3. The zero-order valence-corrected chi connectivity index (χ0v) is 10.1. The summed E-state index contributed by atoms with van der Waals surface area (Å²) >= 11 is 0. The Morgan fingerprint density at radius 2 is 2.11 bits per heavy atom. The Morgan fingerprint density at radius 1 is 1.39 bits per heavy atom. The summed E-state index contributed by atoms with van der Waals surface area (Å²) in [5.74, 6) is 0.590. The van der Waals surface area contributed by atoms with Gasteiger partial charge in [0.1, 0.15) is 0 Å². The number of nitrogens with one attached hydrogen (secondary N) is 1. The van der Waals surface area contributed by atoms with Crippen LogP contribution in [0.4, 0.5) is 5.69 Å². The highest BCUT2D eigenvalue weighted by Gasteiger charge is 2.05. The number of hydrogen-bond acceptors (Lipinski definition) is 4. The highest BCUT2D eigenvalue weighted by Crippen LogP contribution is 2.06. The molecule has 1 amide bonds. The van der Waals surface area contributed by atoms with E-state index in [1.807, 2.05) is 19.1 Å². The van der Waals surface area contributed by atoms with E-state index >= 15 is 0 Å². The number of hydrogen-bond donors (Lipinski definition) is 2. The van der Waals surface area contributed by atoms with Gasteiger partial charge in [0.25, 0.3) is 0 Å². The van der Waals surface area contributed by atoms with Crippen LogP contribution in [0.15, 0.2) is 34.9 Å². The standard InChI is InChI=1S/C13H15N3O2/c1-9-6-12(18-16-9)8-15-13(17)7-10-2-4-11(14)5-3-10/h2-6H,7-8,14H2,1H3,(H,15,17). The number of aromatic nitrogens is 1. The summed E-state index contributed by atoms with van der Waals surface area (Å²) in [7, 11) is 0. The molecule has 1 heterocycles. The van der Waals surface area contributed by atoms with Crippen LogP contribution in [0.25, 0.3) is 0 Å². The Bertz CT molecular complexity index is 531. The Hall–Kier alpha value is -2.30. The van der Waals surface area contributed by atoms with Gasteiger partial charge in [0.05, 0.1) is 18.7 Å². The third kappa shape index (κ3) is 3.35. The van der Waals surface area contributed by atoms with Gasteiger partial charge < -0.3 is 15.6 Å². The molecule has 18 heavy (non-hydrogen) atoms. The van der Waals surface area contributed by atoms with Crippen molar-refractivity contribution in [2.24, 2.45) is 0 Å². The van der Waals surface area contributed by atoms with E-state index in [1.165, 1.54) is 0 Å². The van der Waals surface area contributed by atoms with Crippen molar-refractivity contribution in [3.05, 3.63) is 47.3 Å². The molecule has 5 nitrogen and oxygen atoms in total. The number of rotatable bonds is 4. The van der Waals surface area contributed by atoms with Crippen molar-refractivity contribution in [2.45, 2.75) is 19.9 Å². The molecule has 2 aromatic rings. The van der Waals surface area contributed by atoms with Crippen molar-refractivity contribution in [3.8, 4) is 0 Å². The molecule has 0 fully saturated rings. The Balaban J connectivity index is 1.83. The zero-order valence-electron chi connectivity index (χ0n) is 10.1. The van der Waals surface area contributed by atoms with E-state index in [0.717, 1.165) is 11.3 Å². The van der Waals surface area contributed by atoms with Gasteiger partial charge in [-0.15, -0.1) is 0 Å². The van der Waals surface area contributed by atoms with E-state index in [1.54, 1.807) is 18.2 Å². The minimum absolute atomic E-state index is 0.0613. The van der Waals surface area contributed by atoms with Crippen LogP contribution in [0.5, 0.6) is 0 Å². The molecule has 0 saturated carbocycles. The van der Waals surface area contributed by atoms with Gasteiger partial charge in [-0.2, -0.15) is 0 Å². The van der Waals surface area contributed by atoms with Gasteiger partial charge in [0.15, 0.2) is 5.76 Å².